The molecule has 1 saturated carbocycles. The minimum absolute atomic E-state index is 0.0203. The summed E-state index contributed by atoms with van der Waals surface area (Å²) in [5.74, 6) is 1.02. The van der Waals surface area contributed by atoms with Crippen LogP contribution < -0.4 is 5.32 Å². The Labute approximate surface area is 104 Å². The third-order valence-electron chi connectivity index (χ3n) is 3.94. The highest BCUT2D eigenvalue weighted by Gasteiger charge is 2.34. The Morgan fingerprint density at radius 2 is 2.12 bits per heavy atom. The van der Waals surface area contributed by atoms with Crippen molar-refractivity contribution in [3.8, 4) is 0 Å². The van der Waals surface area contributed by atoms with E-state index in [1.165, 1.54) is 19.3 Å². The molecule has 17 heavy (non-hydrogen) atoms. The second-order valence-corrected chi connectivity index (χ2v) is 5.12. The van der Waals surface area contributed by atoms with Gasteiger partial charge in [-0.3, -0.25) is 4.79 Å². The summed E-state index contributed by atoms with van der Waals surface area (Å²) >= 11 is 0. The van der Waals surface area contributed by atoms with Gasteiger partial charge in [-0.2, -0.15) is 0 Å². The van der Waals surface area contributed by atoms with E-state index in [2.05, 4.69) is 19.2 Å². The van der Waals surface area contributed by atoms with Crippen LogP contribution in [0.1, 0.15) is 52.4 Å². The monoisotopic (exact) mass is 237 g/mol. The fraction of sp³-hybridized carbons (Fsp3) is 0.786. The number of hydrogen-bond donors (Lipinski definition) is 1. The molecule has 0 radical (unpaired) electrons. The summed E-state index contributed by atoms with van der Waals surface area (Å²) in [6.07, 6.45) is 9.03. The van der Waals surface area contributed by atoms with Crippen LogP contribution in [-0.2, 0) is 9.53 Å². The first-order valence-corrected chi connectivity index (χ1v) is 6.94. The van der Waals surface area contributed by atoms with Crippen LogP contribution in [0.25, 0.3) is 0 Å². The molecule has 2 unspecified atom stereocenters. The average molecular weight is 237 g/mol. The van der Waals surface area contributed by atoms with Gasteiger partial charge in [-0.1, -0.05) is 20.3 Å². The number of ether oxygens (including phenoxy) is 1. The summed E-state index contributed by atoms with van der Waals surface area (Å²) in [5.41, 5.74) is 0. The lowest BCUT2D eigenvalue weighted by Crippen LogP contribution is -2.35. The van der Waals surface area contributed by atoms with Crippen molar-refractivity contribution in [1.29, 1.82) is 0 Å². The van der Waals surface area contributed by atoms with Crippen LogP contribution in [0.5, 0.6) is 0 Å². The first kappa shape index (κ1) is 12.5. The highest BCUT2D eigenvalue weighted by Crippen LogP contribution is 2.35. The molecule has 3 heteroatoms. The zero-order valence-corrected chi connectivity index (χ0v) is 10.9. The van der Waals surface area contributed by atoms with Gasteiger partial charge in [0.15, 0.2) is 5.76 Å². The molecular formula is C14H23NO2. The summed E-state index contributed by atoms with van der Waals surface area (Å²) in [6, 6.07) is 0.273. The van der Waals surface area contributed by atoms with Crippen molar-refractivity contribution < 1.29 is 9.53 Å². The predicted octanol–water partition coefficient (Wildman–Crippen LogP) is 2.76. The van der Waals surface area contributed by atoms with Crippen molar-refractivity contribution in [2.24, 2.45) is 5.92 Å². The fourth-order valence-electron chi connectivity index (χ4n) is 2.74. The number of hydrogen-bond acceptors (Lipinski definition) is 2. The molecule has 0 aromatic carbocycles. The molecule has 1 fully saturated rings. The molecule has 96 valence electrons. The largest absolute Gasteiger partial charge is 0.484 e. The SMILES string of the molecule is CCC(CC)NC(=O)C1=CC2CCCCC2O1. The van der Waals surface area contributed by atoms with Gasteiger partial charge < -0.3 is 10.1 Å². The Morgan fingerprint density at radius 3 is 2.76 bits per heavy atom. The third-order valence-corrected chi connectivity index (χ3v) is 3.94. The smallest absolute Gasteiger partial charge is 0.286 e. The molecule has 2 rings (SSSR count). The number of nitrogens with one attached hydrogen (secondary N) is 1. The van der Waals surface area contributed by atoms with Crippen LogP contribution in [0.3, 0.4) is 0 Å². The quantitative estimate of drug-likeness (QED) is 0.816. The zero-order chi connectivity index (χ0) is 12.3. The lowest BCUT2D eigenvalue weighted by atomic mass is 9.87. The predicted molar refractivity (Wildman–Crippen MR) is 67.4 cm³/mol. The number of amides is 1. The molecular weight excluding hydrogens is 214 g/mol. The molecule has 1 amide bonds. The Morgan fingerprint density at radius 1 is 1.41 bits per heavy atom. The summed E-state index contributed by atoms with van der Waals surface area (Å²) in [7, 11) is 0. The summed E-state index contributed by atoms with van der Waals surface area (Å²) in [5, 5.41) is 3.04. The van der Waals surface area contributed by atoms with E-state index in [0.29, 0.717) is 11.7 Å². The van der Waals surface area contributed by atoms with E-state index in [1.54, 1.807) is 0 Å². The van der Waals surface area contributed by atoms with Crippen LogP contribution in [0.2, 0.25) is 0 Å². The van der Waals surface area contributed by atoms with Crippen molar-refractivity contribution in [2.45, 2.75) is 64.5 Å². The molecule has 0 aromatic rings. The number of carbonyl (C=O) groups is 1. The molecule has 1 aliphatic carbocycles. The van der Waals surface area contributed by atoms with Gasteiger partial charge in [0.1, 0.15) is 6.10 Å². The second-order valence-electron chi connectivity index (χ2n) is 5.12. The maximum Gasteiger partial charge on any atom is 0.286 e. The molecule has 1 heterocycles. The number of fused-ring (bicyclic) bond motifs is 1. The normalized spacial score (nSPS) is 27.4. The minimum atomic E-state index is -0.0203. The highest BCUT2D eigenvalue weighted by atomic mass is 16.5. The second kappa shape index (κ2) is 5.56. The maximum atomic E-state index is 12.0. The summed E-state index contributed by atoms with van der Waals surface area (Å²) in [4.78, 5) is 12.0. The summed E-state index contributed by atoms with van der Waals surface area (Å²) in [6.45, 7) is 4.19. The van der Waals surface area contributed by atoms with E-state index in [9.17, 15) is 4.79 Å². The molecule has 3 nitrogen and oxygen atoms in total. The molecule has 1 N–H and O–H groups in total. The van der Waals surface area contributed by atoms with Crippen LogP contribution in [0.4, 0.5) is 0 Å². The molecule has 0 aromatic heterocycles. The minimum Gasteiger partial charge on any atom is -0.484 e. The van der Waals surface area contributed by atoms with Crippen molar-refractivity contribution >= 4 is 5.91 Å². The van der Waals surface area contributed by atoms with Crippen molar-refractivity contribution in [2.75, 3.05) is 0 Å². The molecule has 1 aliphatic heterocycles. The summed E-state index contributed by atoms with van der Waals surface area (Å²) < 4.78 is 5.77. The van der Waals surface area contributed by atoms with Crippen molar-refractivity contribution in [3.05, 3.63) is 11.8 Å². The Bertz CT molecular complexity index is 307. The van der Waals surface area contributed by atoms with Crippen LogP contribution >= 0.6 is 0 Å². The van der Waals surface area contributed by atoms with Gasteiger partial charge in [0.05, 0.1) is 0 Å². The van der Waals surface area contributed by atoms with Crippen molar-refractivity contribution in [1.82, 2.24) is 5.32 Å². The van der Waals surface area contributed by atoms with E-state index in [0.717, 1.165) is 19.3 Å². The Kier molecular flexibility index (Phi) is 4.08. The Balaban J connectivity index is 1.92. The van der Waals surface area contributed by atoms with E-state index in [4.69, 9.17) is 4.74 Å². The van der Waals surface area contributed by atoms with Gasteiger partial charge in [-0.25, -0.2) is 0 Å². The van der Waals surface area contributed by atoms with E-state index in [-0.39, 0.29) is 18.1 Å². The molecule has 0 spiro atoms. The number of rotatable bonds is 4. The average Bonchev–Trinajstić information content (AvgIpc) is 2.79. The third kappa shape index (κ3) is 2.82. The molecule has 0 bridgehead atoms. The first-order chi connectivity index (χ1) is 8.24. The van der Waals surface area contributed by atoms with Gasteiger partial charge in [-0.05, 0) is 38.2 Å². The fourth-order valence-corrected chi connectivity index (χ4v) is 2.74. The highest BCUT2D eigenvalue weighted by molar-refractivity contribution is 5.92. The molecule has 0 saturated heterocycles. The topological polar surface area (TPSA) is 38.3 Å². The van der Waals surface area contributed by atoms with Gasteiger partial charge >= 0.3 is 0 Å². The van der Waals surface area contributed by atoms with Crippen LogP contribution in [0.15, 0.2) is 11.8 Å². The standard InChI is InChI=1S/C14H23NO2/c1-3-11(4-2)15-14(16)13-9-10-7-5-6-8-12(10)17-13/h9-12H,3-8H2,1-2H3,(H,15,16). The van der Waals surface area contributed by atoms with Crippen LogP contribution in [-0.4, -0.2) is 18.1 Å². The van der Waals surface area contributed by atoms with Gasteiger partial charge in [-0.15, -0.1) is 0 Å². The van der Waals surface area contributed by atoms with E-state index in [1.807, 2.05) is 6.08 Å². The molecule has 2 aliphatic rings. The zero-order valence-electron chi connectivity index (χ0n) is 10.9. The molecule has 2 atom stereocenters. The number of carbonyl (C=O) groups excluding carboxylic acids is 1. The first-order valence-electron chi connectivity index (χ1n) is 6.94. The maximum absolute atomic E-state index is 12.0. The van der Waals surface area contributed by atoms with Crippen molar-refractivity contribution in [3.63, 3.8) is 0 Å². The lowest BCUT2D eigenvalue weighted by molar-refractivity contribution is -0.122. The van der Waals surface area contributed by atoms with E-state index >= 15 is 0 Å². The Hall–Kier alpha value is -0.990. The van der Waals surface area contributed by atoms with E-state index < -0.39 is 0 Å². The van der Waals surface area contributed by atoms with Gasteiger partial charge in [0.2, 0.25) is 0 Å². The lowest BCUT2D eigenvalue weighted by Gasteiger charge is -2.23. The van der Waals surface area contributed by atoms with Gasteiger partial charge in [0.25, 0.3) is 5.91 Å². The van der Waals surface area contributed by atoms with Gasteiger partial charge in [0, 0.05) is 12.0 Å². The van der Waals surface area contributed by atoms with Crippen LogP contribution in [0, 0.1) is 5.92 Å².